The topological polar surface area (TPSA) is 113 Å². The molecule has 1 rings (SSSR count). The van der Waals surface area contributed by atoms with E-state index in [2.05, 4.69) is 10.6 Å². The van der Waals surface area contributed by atoms with E-state index >= 15 is 0 Å². The Morgan fingerprint density at radius 1 is 1.17 bits per heavy atom. The van der Waals surface area contributed by atoms with Crippen LogP contribution in [0.3, 0.4) is 0 Å². The number of carbonyl (C=O) groups is 2. The molecule has 1 aromatic rings. The molecule has 7 nitrogen and oxygen atoms in total. The van der Waals surface area contributed by atoms with E-state index in [1.807, 2.05) is 30.3 Å². The Morgan fingerprint density at radius 3 is 2.33 bits per heavy atom. The SMILES string of the molecule is CC(CS(C)(=O)=O)NC(=O)NC(CCC(=O)O)Cc1ccccc1. The summed E-state index contributed by atoms with van der Waals surface area (Å²) in [5.41, 5.74) is 0.984. The zero-order valence-electron chi connectivity index (χ0n) is 13.9. The van der Waals surface area contributed by atoms with E-state index in [9.17, 15) is 18.0 Å². The minimum atomic E-state index is -3.19. The molecule has 0 radical (unpaired) electrons. The van der Waals surface area contributed by atoms with Crippen LogP contribution < -0.4 is 10.6 Å². The fourth-order valence-corrected chi connectivity index (χ4v) is 3.36. The minimum Gasteiger partial charge on any atom is -0.481 e. The van der Waals surface area contributed by atoms with Crippen LogP contribution in [0.1, 0.15) is 25.3 Å². The highest BCUT2D eigenvalue weighted by atomic mass is 32.2. The van der Waals surface area contributed by atoms with Gasteiger partial charge in [0.1, 0.15) is 9.84 Å². The fourth-order valence-electron chi connectivity index (χ4n) is 2.37. The molecule has 0 saturated carbocycles. The molecular weight excluding hydrogens is 332 g/mol. The molecule has 0 saturated heterocycles. The van der Waals surface area contributed by atoms with Crippen molar-refractivity contribution < 1.29 is 23.1 Å². The molecule has 0 bridgehead atoms. The summed E-state index contributed by atoms with van der Waals surface area (Å²) >= 11 is 0. The van der Waals surface area contributed by atoms with Gasteiger partial charge in [0.15, 0.2) is 0 Å². The molecule has 8 heteroatoms. The van der Waals surface area contributed by atoms with Gasteiger partial charge in [-0.3, -0.25) is 4.79 Å². The van der Waals surface area contributed by atoms with Crippen LogP contribution in [0.15, 0.2) is 30.3 Å². The van der Waals surface area contributed by atoms with E-state index in [4.69, 9.17) is 5.11 Å². The molecule has 0 spiro atoms. The van der Waals surface area contributed by atoms with Crippen LogP contribution in [0.25, 0.3) is 0 Å². The highest BCUT2D eigenvalue weighted by Gasteiger charge is 2.17. The van der Waals surface area contributed by atoms with Crippen molar-refractivity contribution in [1.82, 2.24) is 10.6 Å². The second kappa shape index (κ2) is 9.27. The molecule has 24 heavy (non-hydrogen) atoms. The maximum atomic E-state index is 12.0. The largest absolute Gasteiger partial charge is 0.481 e. The van der Waals surface area contributed by atoms with Crippen LogP contribution in [-0.4, -0.2) is 49.6 Å². The fraction of sp³-hybridized carbons (Fsp3) is 0.500. The first-order chi connectivity index (χ1) is 11.2. The van der Waals surface area contributed by atoms with Crippen LogP contribution in [-0.2, 0) is 21.1 Å². The lowest BCUT2D eigenvalue weighted by Gasteiger charge is -2.20. The van der Waals surface area contributed by atoms with Gasteiger partial charge in [-0.25, -0.2) is 13.2 Å². The Hall–Kier alpha value is -2.09. The second-order valence-electron chi connectivity index (χ2n) is 5.93. The first kappa shape index (κ1) is 20.0. The molecule has 0 heterocycles. The molecule has 2 amide bonds. The lowest BCUT2D eigenvalue weighted by atomic mass is 10.0. The summed E-state index contributed by atoms with van der Waals surface area (Å²) in [4.78, 5) is 22.8. The first-order valence-electron chi connectivity index (χ1n) is 7.66. The van der Waals surface area contributed by atoms with Crippen LogP contribution in [0.4, 0.5) is 4.79 Å². The number of nitrogens with one attached hydrogen (secondary N) is 2. The van der Waals surface area contributed by atoms with E-state index in [1.54, 1.807) is 6.92 Å². The van der Waals surface area contributed by atoms with E-state index in [1.165, 1.54) is 0 Å². The van der Waals surface area contributed by atoms with Crippen molar-refractivity contribution in [3.63, 3.8) is 0 Å². The zero-order valence-corrected chi connectivity index (χ0v) is 14.7. The predicted octanol–water partition coefficient (Wildman–Crippen LogP) is 1.19. The number of carboxylic acid groups (broad SMARTS) is 1. The van der Waals surface area contributed by atoms with E-state index in [0.29, 0.717) is 6.42 Å². The van der Waals surface area contributed by atoms with Crippen LogP contribution >= 0.6 is 0 Å². The maximum absolute atomic E-state index is 12.0. The van der Waals surface area contributed by atoms with Crippen molar-refractivity contribution in [2.45, 2.75) is 38.3 Å². The van der Waals surface area contributed by atoms with Gasteiger partial charge in [0.2, 0.25) is 0 Å². The zero-order chi connectivity index (χ0) is 18.2. The van der Waals surface area contributed by atoms with Gasteiger partial charge in [-0.2, -0.15) is 0 Å². The lowest BCUT2D eigenvalue weighted by molar-refractivity contribution is -0.137. The monoisotopic (exact) mass is 356 g/mol. The maximum Gasteiger partial charge on any atom is 0.315 e. The number of rotatable bonds is 9. The molecule has 3 N–H and O–H groups in total. The molecule has 0 aliphatic heterocycles. The van der Waals surface area contributed by atoms with Crippen LogP contribution in [0, 0.1) is 0 Å². The number of sulfone groups is 1. The number of urea groups is 1. The van der Waals surface area contributed by atoms with Crippen molar-refractivity contribution in [2.75, 3.05) is 12.0 Å². The van der Waals surface area contributed by atoms with Crippen molar-refractivity contribution >= 4 is 21.8 Å². The second-order valence-corrected chi connectivity index (χ2v) is 8.12. The third kappa shape index (κ3) is 9.14. The van der Waals surface area contributed by atoms with Gasteiger partial charge in [-0.05, 0) is 25.3 Å². The molecular formula is C16H24N2O5S. The van der Waals surface area contributed by atoms with Gasteiger partial charge >= 0.3 is 12.0 Å². The molecule has 134 valence electrons. The minimum absolute atomic E-state index is 0.0589. The number of aliphatic carboxylic acids is 1. The number of hydrogen-bond acceptors (Lipinski definition) is 4. The van der Waals surface area contributed by atoms with E-state index in [-0.39, 0.29) is 24.6 Å². The quantitative estimate of drug-likeness (QED) is 0.615. The van der Waals surface area contributed by atoms with Crippen molar-refractivity contribution in [3.8, 4) is 0 Å². The average Bonchev–Trinajstić information content (AvgIpc) is 2.43. The Labute approximate surface area is 142 Å². The summed E-state index contributed by atoms with van der Waals surface area (Å²) in [5.74, 6) is -1.08. The number of carbonyl (C=O) groups excluding carboxylic acids is 1. The summed E-state index contributed by atoms with van der Waals surface area (Å²) in [7, 11) is -3.19. The Morgan fingerprint density at radius 2 is 1.79 bits per heavy atom. The summed E-state index contributed by atoms with van der Waals surface area (Å²) in [5, 5.41) is 14.1. The van der Waals surface area contributed by atoms with Gasteiger partial charge in [0.05, 0.1) is 5.75 Å². The van der Waals surface area contributed by atoms with Crippen LogP contribution in [0.2, 0.25) is 0 Å². The lowest BCUT2D eigenvalue weighted by Crippen LogP contribution is -2.48. The Kier molecular flexibility index (Phi) is 7.70. The highest BCUT2D eigenvalue weighted by molar-refractivity contribution is 7.90. The van der Waals surface area contributed by atoms with Gasteiger partial charge < -0.3 is 15.7 Å². The molecule has 0 fully saturated rings. The van der Waals surface area contributed by atoms with Crippen molar-refractivity contribution in [3.05, 3.63) is 35.9 Å². The molecule has 2 atom stereocenters. The van der Waals surface area contributed by atoms with Gasteiger partial charge in [0, 0.05) is 24.8 Å². The highest BCUT2D eigenvalue weighted by Crippen LogP contribution is 2.08. The molecule has 2 unspecified atom stereocenters. The number of carboxylic acids is 1. The van der Waals surface area contributed by atoms with E-state index in [0.717, 1.165) is 11.8 Å². The third-order valence-corrected chi connectivity index (χ3v) is 4.40. The Bertz CT molecular complexity index is 646. The molecule has 0 aliphatic carbocycles. The Balaban J connectivity index is 2.62. The van der Waals surface area contributed by atoms with Crippen molar-refractivity contribution in [2.24, 2.45) is 0 Å². The van der Waals surface area contributed by atoms with Gasteiger partial charge in [-0.15, -0.1) is 0 Å². The summed E-state index contributed by atoms with van der Waals surface area (Å²) < 4.78 is 22.5. The number of benzene rings is 1. The summed E-state index contributed by atoms with van der Waals surface area (Å²) in [6.45, 7) is 1.60. The summed E-state index contributed by atoms with van der Waals surface area (Å²) in [6.07, 6.45) is 1.84. The smallest absolute Gasteiger partial charge is 0.315 e. The van der Waals surface area contributed by atoms with Crippen molar-refractivity contribution in [1.29, 1.82) is 0 Å². The number of amides is 2. The molecule has 1 aromatic carbocycles. The van der Waals surface area contributed by atoms with E-state index < -0.39 is 27.9 Å². The van der Waals surface area contributed by atoms with Gasteiger partial charge in [-0.1, -0.05) is 30.3 Å². The predicted molar refractivity (Wildman–Crippen MR) is 91.6 cm³/mol. The molecule has 0 aromatic heterocycles. The van der Waals surface area contributed by atoms with Crippen LogP contribution in [0.5, 0.6) is 0 Å². The normalized spacial score (nSPS) is 13.8. The standard InChI is InChI=1S/C16H24N2O5S/c1-12(11-24(2,22)23)17-16(21)18-14(8-9-15(19)20)10-13-6-4-3-5-7-13/h3-7,12,14H,8-11H2,1-2H3,(H,19,20)(H2,17,18,21). The number of hydrogen-bond donors (Lipinski definition) is 3. The average molecular weight is 356 g/mol. The summed E-state index contributed by atoms with van der Waals surface area (Å²) in [6, 6.07) is 8.04. The first-order valence-corrected chi connectivity index (χ1v) is 9.72. The third-order valence-electron chi connectivity index (χ3n) is 3.30. The molecule has 0 aliphatic rings. The van der Waals surface area contributed by atoms with Gasteiger partial charge in [0.25, 0.3) is 0 Å².